The molecule has 1 fully saturated rings. The van der Waals surface area contributed by atoms with Crippen LogP contribution in [0.4, 0.5) is 11.8 Å². The molecule has 0 amide bonds. The average molecular weight is 316 g/mol. The summed E-state index contributed by atoms with van der Waals surface area (Å²) in [6.45, 7) is 7.86. The molecule has 1 saturated heterocycles. The van der Waals surface area contributed by atoms with Gasteiger partial charge < -0.3 is 9.80 Å². The van der Waals surface area contributed by atoms with Crippen LogP contribution in [0.5, 0.6) is 0 Å². The number of anilines is 2. The highest BCUT2D eigenvalue weighted by Gasteiger charge is 2.19. The summed E-state index contributed by atoms with van der Waals surface area (Å²) < 4.78 is 0. The third kappa shape index (κ3) is 3.95. The van der Waals surface area contributed by atoms with Crippen molar-refractivity contribution in [3.63, 3.8) is 0 Å². The van der Waals surface area contributed by atoms with E-state index in [0.717, 1.165) is 56.7 Å². The van der Waals surface area contributed by atoms with E-state index >= 15 is 0 Å². The second-order valence-electron chi connectivity index (χ2n) is 6.02. The van der Waals surface area contributed by atoms with E-state index in [4.69, 9.17) is 0 Å². The van der Waals surface area contributed by atoms with E-state index in [0.29, 0.717) is 0 Å². The number of nitrogens with zero attached hydrogens (tertiary/aromatic N) is 8. The minimum atomic E-state index is 0.771. The van der Waals surface area contributed by atoms with Crippen molar-refractivity contribution in [2.75, 3.05) is 56.6 Å². The smallest absolute Gasteiger partial charge is 0.226 e. The molecule has 0 atom stereocenters. The van der Waals surface area contributed by atoms with Crippen LogP contribution in [0.3, 0.4) is 0 Å². The number of piperazine rings is 1. The van der Waals surface area contributed by atoms with E-state index in [2.05, 4.69) is 36.0 Å². The molecule has 0 radical (unpaired) electrons. The highest BCUT2D eigenvalue weighted by Crippen LogP contribution is 2.17. The Morgan fingerprint density at radius 1 is 1.00 bits per heavy atom. The van der Waals surface area contributed by atoms with Gasteiger partial charge in [-0.15, -0.1) is 0 Å². The second kappa shape index (κ2) is 6.91. The Labute approximate surface area is 136 Å². The first-order valence-electron chi connectivity index (χ1n) is 7.96. The van der Waals surface area contributed by atoms with Crippen molar-refractivity contribution < 1.29 is 0 Å². The summed E-state index contributed by atoms with van der Waals surface area (Å²) in [7, 11) is 3.94. The van der Waals surface area contributed by atoms with Crippen LogP contribution in [0, 0.1) is 6.92 Å². The standard InChI is InChI=1S/C15H24N8/c1-13-12-14(19-15(18-13)20(2)3)22-9-6-21(7-10-22)8-11-23-16-4-5-17-23/h4-5,12H,6-11H2,1-3H3. The zero-order valence-corrected chi connectivity index (χ0v) is 14.1. The molecule has 0 aliphatic carbocycles. The van der Waals surface area contributed by atoms with Crippen LogP contribution in [-0.2, 0) is 6.54 Å². The first kappa shape index (κ1) is 15.7. The minimum absolute atomic E-state index is 0.771. The Bertz CT molecular complexity index is 616. The molecular formula is C15H24N8. The molecule has 0 N–H and O–H groups in total. The van der Waals surface area contributed by atoms with Crippen molar-refractivity contribution in [1.82, 2.24) is 29.9 Å². The molecule has 2 aromatic heterocycles. The van der Waals surface area contributed by atoms with Crippen molar-refractivity contribution in [3.8, 4) is 0 Å². The van der Waals surface area contributed by atoms with Gasteiger partial charge in [0.15, 0.2) is 0 Å². The lowest BCUT2D eigenvalue weighted by atomic mass is 10.3. The zero-order chi connectivity index (χ0) is 16.2. The molecule has 8 nitrogen and oxygen atoms in total. The molecule has 3 heterocycles. The normalized spacial score (nSPS) is 15.9. The number of aryl methyl sites for hydroxylation is 1. The first-order valence-corrected chi connectivity index (χ1v) is 7.96. The fourth-order valence-electron chi connectivity index (χ4n) is 2.69. The van der Waals surface area contributed by atoms with Gasteiger partial charge >= 0.3 is 0 Å². The maximum absolute atomic E-state index is 4.67. The zero-order valence-electron chi connectivity index (χ0n) is 14.1. The van der Waals surface area contributed by atoms with Gasteiger partial charge in [0, 0.05) is 58.6 Å². The highest BCUT2D eigenvalue weighted by molar-refractivity contribution is 5.45. The lowest BCUT2D eigenvalue weighted by Crippen LogP contribution is -2.47. The Hall–Kier alpha value is -2.22. The lowest BCUT2D eigenvalue weighted by molar-refractivity contribution is 0.239. The Morgan fingerprint density at radius 2 is 1.70 bits per heavy atom. The number of aromatic nitrogens is 5. The summed E-state index contributed by atoms with van der Waals surface area (Å²) >= 11 is 0. The molecule has 0 aromatic carbocycles. The number of hydrogen-bond acceptors (Lipinski definition) is 7. The fourth-order valence-corrected chi connectivity index (χ4v) is 2.69. The maximum atomic E-state index is 4.67. The molecule has 0 saturated carbocycles. The quantitative estimate of drug-likeness (QED) is 0.784. The van der Waals surface area contributed by atoms with Crippen molar-refractivity contribution >= 4 is 11.8 Å². The van der Waals surface area contributed by atoms with E-state index in [1.165, 1.54) is 0 Å². The number of rotatable bonds is 5. The Kier molecular flexibility index (Phi) is 4.71. The van der Waals surface area contributed by atoms with E-state index in [1.807, 2.05) is 25.9 Å². The summed E-state index contributed by atoms with van der Waals surface area (Å²) in [5, 5.41) is 8.29. The Morgan fingerprint density at radius 3 is 2.35 bits per heavy atom. The monoisotopic (exact) mass is 316 g/mol. The molecule has 23 heavy (non-hydrogen) atoms. The number of hydrogen-bond donors (Lipinski definition) is 0. The SMILES string of the molecule is Cc1cc(N2CCN(CCn3nccn3)CC2)nc(N(C)C)n1. The molecule has 1 aliphatic heterocycles. The summed E-state index contributed by atoms with van der Waals surface area (Å²) in [4.78, 5) is 17.6. The molecule has 0 spiro atoms. The van der Waals surface area contributed by atoms with Gasteiger partial charge in [0.1, 0.15) is 5.82 Å². The Balaban J connectivity index is 1.56. The van der Waals surface area contributed by atoms with Gasteiger partial charge in [0.05, 0.1) is 18.9 Å². The van der Waals surface area contributed by atoms with E-state index in [9.17, 15) is 0 Å². The van der Waals surface area contributed by atoms with Gasteiger partial charge in [-0.25, -0.2) is 4.98 Å². The van der Waals surface area contributed by atoms with Gasteiger partial charge in [-0.1, -0.05) is 0 Å². The first-order chi connectivity index (χ1) is 11.1. The lowest BCUT2D eigenvalue weighted by Gasteiger charge is -2.35. The van der Waals surface area contributed by atoms with Gasteiger partial charge in [-0.3, -0.25) is 4.90 Å². The summed E-state index contributed by atoms with van der Waals surface area (Å²) in [5.74, 6) is 1.79. The molecule has 3 rings (SSSR count). The van der Waals surface area contributed by atoms with E-state index < -0.39 is 0 Å². The molecule has 1 aliphatic rings. The summed E-state index contributed by atoms with van der Waals surface area (Å²) in [6.07, 6.45) is 3.44. The minimum Gasteiger partial charge on any atom is -0.354 e. The molecule has 2 aromatic rings. The largest absolute Gasteiger partial charge is 0.354 e. The second-order valence-corrected chi connectivity index (χ2v) is 6.02. The third-order valence-electron chi connectivity index (χ3n) is 4.01. The van der Waals surface area contributed by atoms with Gasteiger partial charge in [-0.2, -0.15) is 20.0 Å². The van der Waals surface area contributed by atoms with Crippen LogP contribution in [0.15, 0.2) is 18.5 Å². The van der Waals surface area contributed by atoms with Crippen LogP contribution in [-0.4, -0.2) is 76.7 Å². The molecule has 0 bridgehead atoms. The predicted octanol–water partition coefficient (Wildman–Crippen LogP) is 0.265. The van der Waals surface area contributed by atoms with Gasteiger partial charge in [0.2, 0.25) is 5.95 Å². The van der Waals surface area contributed by atoms with Crippen LogP contribution in [0.2, 0.25) is 0 Å². The van der Waals surface area contributed by atoms with Gasteiger partial charge in [-0.05, 0) is 6.92 Å². The molecule has 8 heteroatoms. The highest BCUT2D eigenvalue weighted by atomic mass is 15.5. The predicted molar refractivity (Wildman–Crippen MR) is 89.8 cm³/mol. The summed E-state index contributed by atoms with van der Waals surface area (Å²) in [6, 6.07) is 2.07. The average Bonchev–Trinajstić information content (AvgIpc) is 3.06. The molecule has 0 unspecified atom stereocenters. The van der Waals surface area contributed by atoms with Gasteiger partial charge in [0.25, 0.3) is 0 Å². The van der Waals surface area contributed by atoms with E-state index in [-0.39, 0.29) is 0 Å². The van der Waals surface area contributed by atoms with Crippen molar-refractivity contribution in [2.24, 2.45) is 0 Å². The van der Waals surface area contributed by atoms with Crippen molar-refractivity contribution in [2.45, 2.75) is 13.5 Å². The fraction of sp³-hybridized carbons (Fsp3) is 0.600. The molecular weight excluding hydrogens is 292 g/mol. The topological polar surface area (TPSA) is 66.2 Å². The van der Waals surface area contributed by atoms with Crippen molar-refractivity contribution in [3.05, 3.63) is 24.2 Å². The molecule has 124 valence electrons. The summed E-state index contributed by atoms with van der Waals surface area (Å²) in [5.41, 5.74) is 1.01. The van der Waals surface area contributed by atoms with Crippen LogP contribution >= 0.6 is 0 Å². The van der Waals surface area contributed by atoms with Crippen LogP contribution in [0.25, 0.3) is 0 Å². The van der Waals surface area contributed by atoms with Crippen LogP contribution < -0.4 is 9.80 Å². The van der Waals surface area contributed by atoms with Crippen LogP contribution in [0.1, 0.15) is 5.69 Å². The van der Waals surface area contributed by atoms with E-state index in [1.54, 1.807) is 17.2 Å². The van der Waals surface area contributed by atoms with Crippen molar-refractivity contribution in [1.29, 1.82) is 0 Å². The maximum Gasteiger partial charge on any atom is 0.226 e. The third-order valence-corrected chi connectivity index (χ3v) is 4.01.